The number of rotatable bonds is 6. The highest BCUT2D eigenvalue weighted by Gasteiger charge is 2.00. The van der Waals surface area contributed by atoms with E-state index in [1.807, 2.05) is 0 Å². The van der Waals surface area contributed by atoms with Crippen molar-refractivity contribution in [3.63, 3.8) is 0 Å². The molecule has 1 aromatic rings. The summed E-state index contributed by atoms with van der Waals surface area (Å²) in [6, 6.07) is 4.25. The van der Waals surface area contributed by atoms with Crippen LogP contribution < -0.4 is 11.1 Å². The van der Waals surface area contributed by atoms with Crippen LogP contribution in [0.4, 0.5) is 0 Å². The Balaban J connectivity index is 2.07. The van der Waals surface area contributed by atoms with Crippen LogP contribution in [0.1, 0.15) is 4.88 Å². The van der Waals surface area contributed by atoms with Gasteiger partial charge in [-0.3, -0.25) is 0 Å². The molecule has 0 aliphatic rings. The van der Waals surface area contributed by atoms with Crippen molar-refractivity contribution < 1.29 is 4.74 Å². The van der Waals surface area contributed by atoms with Gasteiger partial charge in [0, 0.05) is 31.1 Å². The van der Waals surface area contributed by atoms with Crippen molar-refractivity contribution in [1.82, 2.24) is 5.32 Å². The third-order valence-corrected chi connectivity index (χ3v) is 2.54. The second kappa shape index (κ2) is 6.10. The van der Waals surface area contributed by atoms with Crippen LogP contribution in [0.3, 0.4) is 0 Å². The summed E-state index contributed by atoms with van der Waals surface area (Å²) in [5.74, 6) is 0. The fourth-order valence-corrected chi connectivity index (χ4v) is 1.74. The maximum atomic E-state index is 5.74. The first-order valence-corrected chi connectivity index (χ1v) is 5.18. The van der Waals surface area contributed by atoms with E-state index in [1.165, 1.54) is 4.88 Å². The number of ether oxygens (including phenoxy) is 1. The van der Waals surface area contributed by atoms with Gasteiger partial charge in [-0.25, -0.2) is 0 Å². The molecule has 0 aliphatic heterocycles. The van der Waals surface area contributed by atoms with Gasteiger partial charge in [-0.2, -0.15) is 0 Å². The maximum Gasteiger partial charge on any atom is 0.0626 e. The fraction of sp³-hybridized carbons (Fsp3) is 0.556. The lowest BCUT2D eigenvalue weighted by atomic mass is 10.3. The smallest absolute Gasteiger partial charge is 0.0626 e. The van der Waals surface area contributed by atoms with E-state index in [2.05, 4.69) is 22.8 Å². The number of methoxy groups -OCH3 is 1. The Hall–Kier alpha value is -0.420. The predicted molar refractivity (Wildman–Crippen MR) is 55.9 cm³/mol. The van der Waals surface area contributed by atoms with E-state index in [4.69, 9.17) is 10.5 Å². The first-order valence-electron chi connectivity index (χ1n) is 4.30. The highest BCUT2D eigenvalue weighted by molar-refractivity contribution is 7.09. The predicted octanol–water partition coefficient (Wildman–Crippen LogP) is 0.811. The average Bonchev–Trinajstić information content (AvgIpc) is 2.57. The van der Waals surface area contributed by atoms with Gasteiger partial charge in [-0.15, -0.1) is 11.3 Å². The zero-order chi connectivity index (χ0) is 9.52. The van der Waals surface area contributed by atoms with E-state index in [-0.39, 0.29) is 6.04 Å². The summed E-state index contributed by atoms with van der Waals surface area (Å²) in [5.41, 5.74) is 5.74. The molecule has 3 N–H and O–H groups in total. The van der Waals surface area contributed by atoms with E-state index in [9.17, 15) is 0 Å². The monoisotopic (exact) mass is 200 g/mol. The number of nitrogens with two attached hydrogens (primary N) is 1. The highest BCUT2D eigenvalue weighted by atomic mass is 32.1. The fourth-order valence-electron chi connectivity index (χ4n) is 1.07. The molecule has 74 valence electrons. The minimum Gasteiger partial charge on any atom is -0.383 e. The molecule has 4 heteroatoms. The molecule has 0 fully saturated rings. The van der Waals surface area contributed by atoms with Crippen molar-refractivity contribution in [3.8, 4) is 0 Å². The molecule has 0 amide bonds. The zero-order valence-electron chi connectivity index (χ0n) is 7.82. The van der Waals surface area contributed by atoms with E-state index in [0.29, 0.717) is 6.61 Å². The van der Waals surface area contributed by atoms with Gasteiger partial charge < -0.3 is 15.8 Å². The van der Waals surface area contributed by atoms with Crippen molar-refractivity contribution in [2.24, 2.45) is 5.73 Å². The second-order valence-electron chi connectivity index (χ2n) is 2.93. The van der Waals surface area contributed by atoms with Gasteiger partial charge in [0.05, 0.1) is 6.61 Å². The molecule has 0 aliphatic carbocycles. The molecule has 1 atom stereocenters. The summed E-state index contributed by atoms with van der Waals surface area (Å²) >= 11 is 1.75. The minimum absolute atomic E-state index is 0.0879. The zero-order valence-corrected chi connectivity index (χ0v) is 8.64. The van der Waals surface area contributed by atoms with E-state index in [0.717, 1.165) is 13.1 Å². The number of nitrogens with one attached hydrogen (secondary N) is 1. The Kier molecular flexibility index (Phi) is 5.00. The molecule has 0 aromatic carbocycles. The second-order valence-corrected chi connectivity index (χ2v) is 3.96. The SMILES string of the molecule is COCC(N)CNCc1cccs1. The van der Waals surface area contributed by atoms with E-state index in [1.54, 1.807) is 18.4 Å². The molecule has 1 aromatic heterocycles. The number of hydrogen-bond acceptors (Lipinski definition) is 4. The summed E-state index contributed by atoms with van der Waals surface area (Å²) in [6.45, 7) is 2.30. The van der Waals surface area contributed by atoms with Crippen LogP contribution in [-0.2, 0) is 11.3 Å². The molecule has 0 bridgehead atoms. The normalized spacial score (nSPS) is 13.1. The molecule has 1 unspecified atom stereocenters. The topological polar surface area (TPSA) is 47.3 Å². The third kappa shape index (κ3) is 4.38. The summed E-state index contributed by atoms with van der Waals surface area (Å²) in [7, 11) is 1.67. The summed E-state index contributed by atoms with van der Waals surface area (Å²) in [6.07, 6.45) is 0. The first-order chi connectivity index (χ1) is 6.33. The van der Waals surface area contributed by atoms with E-state index >= 15 is 0 Å². The van der Waals surface area contributed by atoms with Crippen molar-refractivity contribution in [2.75, 3.05) is 20.3 Å². The van der Waals surface area contributed by atoms with Gasteiger partial charge in [-0.1, -0.05) is 6.07 Å². The van der Waals surface area contributed by atoms with Crippen LogP contribution in [0.2, 0.25) is 0 Å². The van der Waals surface area contributed by atoms with Gasteiger partial charge in [0.15, 0.2) is 0 Å². The number of hydrogen-bond donors (Lipinski definition) is 2. The average molecular weight is 200 g/mol. The van der Waals surface area contributed by atoms with Crippen molar-refractivity contribution >= 4 is 11.3 Å². The molecule has 0 saturated carbocycles. The van der Waals surface area contributed by atoms with E-state index < -0.39 is 0 Å². The molecule has 3 nitrogen and oxygen atoms in total. The van der Waals surface area contributed by atoms with Crippen LogP contribution in [0.25, 0.3) is 0 Å². The highest BCUT2D eigenvalue weighted by Crippen LogP contribution is 2.06. The van der Waals surface area contributed by atoms with Crippen LogP contribution in [0, 0.1) is 0 Å². The lowest BCUT2D eigenvalue weighted by molar-refractivity contribution is 0.179. The molecular formula is C9H16N2OS. The first kappa shape index (κ1) is 10.7. The Morgan fingerprint density at radius 3 is 3.15 bits per heavy atom. The quantitative estimate of drug-likeness (QED) is 0.714. The Bertz CT molecular complexity index is 213. The molecule has 0 radical (unpaired) electrons. The Labute approximate surface area is 82.9 Å². The van der Waals surface area contributed by atoms with Crippen molar-refractivity contribution in [2.45, 2.75) is 12.6 Å². The molecule has 1 rings (SSSR count). The lowest BCUT2D eigenvalue weighted by Gasteiger charge is -2.10. The van der Waals surface area contributed by atoms with Crippen molar-refractivity contribution in [3.05, 3.63) is 22.4 Å². The number of thiophene rings is 1. The van der Waals surface area contributed by atoms with Gasteiger partial charge in [0.25, 0.3) is 0 Å². The summed E-state index contributed by atoms with van der Waals surface area (Å²) in [5, 5.41) is 5.35. The van der Waals surface area contributed by atoms with Gasteiger partial charge in [-0.05, 0) is 11.4 Å². The van der Waals surface area contributed by atoms with Crippen LogP contribution in [-0.4, -0.2) is 26.3 Å². The molecule has 0 spiro atoms. The molecule has 1 heterocycles. The van der Waals surface area contributed by atoms with Crippen LogP contribution >= 0.6 is 11.3 Å². The van der Waals surface area contributed by atoms with Crippen LogP contribution in [0.15, 0.2) is 17.5 Å². The lowest BCUT2D eigenvalue weighted by Crippen LogP contribution is -2.36. The minimum atomic E-state index is 0.0879. The summed E-state index contributed by atoms with van der Waals surface area (Å²) in [4.78, 5) is 1.34. The molecule has 0 saturated heterocycles. The Morgan fingerprint density at radius 1 is 1.69 bits per heavy atom. The van der Waals surface area contributed by atoms with Gasteiger partial charge in [0.2, 0.25) is 0 Å². The third-order valence-electron chi connectivity index (χ3n) is 1.67. The Morgan fingerprint density at radius 2 is 2.54 bits per heavy atom. The standard InChI is InChI=1S/C9H16N2OS/c1-12-7-8(10)5-11-6-9-3-2-4-13-9/h2-4,8,11H,5-7,10H2,1H3. The van der Waals surface area contributed by atoms with Gasteiger partial charge >= 0.3 is 0 Å². The maximum absolute atomic E-state index is 5.74. The van der Waals surface area contributed by atoms with Gasteiger partial charge in [0.1, 0.15) is 0 Å². The molecular weight excluding hydrogens is 184 g/mol. The van der Waals surface area contributed by atoms with Crippen LogP contribution in [0.5, 0.6) is 0 Å². The van der Waals surface area contributed by atoms with Crippen molar-refractivity contribution in [1.29, 1.82) is 0 Å². The largest absolute Gasteiger partial charge is 0.383 e. The molecule has 13 heavy (non-hydrogen) atoms. The summed E-state index contributed by atoms with van der Waals surface area (Å²) < 4.78 is 4.93.